The van der Waals surface area contributed by atoms with Crippen LogP contribution in [0.25, 0.3) is 0 Å². The molecule has 0 N–H and O–H groups in total. The SMILES string of the molecule is CN1/C(=C/C(=O)COC(=O)c2ccc(Br)o2)C(C)(C)c2ccccc21. The molecule has 0 saturated heterocycles. The van der Waals surface area contributed by atoms with E-state index in [1.54, 1.807) is 12.1 Å². The Bertz CT molecular complexity index is 866. The zero-order valence-corrected chi connectivity index (χ0v) is 15.8. The molecule has 2 heterocycles. The Morgan fingerprint density at radius 2 is 1.96 bits per heavy atom. The molecule has 0 saturated carbocycles. The van der Waals surface area contributed by atoms with Crippen LogP contribution in [0.1, 0.15) is 30.0 Å². The number of ether oxygens (including phenoxy) is 1. The van der Waals surface area contributed by atoms with E-state index in [1.807, 2.05) is 30.1 Å². The standard InChI is InChI=1S/C19H18BrNO4/c1-19(2)13-6-4-5-7-14(13)21(3)16(19)10-12(22)11-24-18(23)15-8-9-17(20)25-15/h4-10H,11H2,1-3H3/b16-10+. The molecule has 5 nitrogen and oxygen atoms in total. The third kappa shape index (κ3) is 3.26. The lowest BCUT2D eigenvalue weighted by Gasteiger charge is -2.23. The summed E-state index contributed by atoms with van der Waals surface area (Å²) in [4.78, 5) is 26.2. The number of likely N-dealkylation sites (N-methyl/N-ethyl adjacent to an activating group) is 1. The average molecular weight is 404 g/mol. The van der Waals surface area contributed by atoms with Gasteiger partial charge in [0.05, 0.1) is 0 Å². The topological polar surface area (TPSA) is 59.8 Å². The quantitative estimate of drug-likeness (QED) is 0.568. The molecule has 0 fully saturated rings. The van der Waals surface area contributed by atoms with Crippen LogP contribution in [0.15, 0.2) is 57.3 Å². The lowest BCUT2D eigenvalue weighted by molar-refractivity contribution is -0.117. The van der Waals surface area contributed by atoms with Gasteiger partial charge in [0.1, 0.15) is 0 Å². The van der Waals surface area contributed by atoms with Crippen LogP contribution in [-0.2, 0) is 14.9 Å². The molecule has 3 rings (SSSR count). The Morgan fingerprint density at radius 1 is 1.24 bits per heavy atom. The van der Waals surface area contributed by atoms with E-state index in [4.69, 9.17) is 9.15 Å². The molecule has 0 aliphatic carbocycles. The van der Waals surface area contributed by atoms with Crippen molar-refractivity contribution in [2.75, 3.05) is 18.6 Å². The Hall–Kier alpha value is -2.34. The number of para-hydroxylation sites is 1. The maximum atomic E-state index is 12.3. The van der Waals surface area contributed by atoms with Crippen LogP contribution < -0.4 is 4.90 Å². The third-order valence-corrected chi connectivity index (χ3v) is 4.78. The summed E-state index contributed by atoms with van der Waals surface area (Å²) in [6, 6.07) is 11.1. The van der Waals surface area contributed by atoms with E-state index in [2.05, 4.69) is 35.8 Å². The summed E-state index contributed by atoms with van der Waals surface area (Å²) < 4.78 is 10.6. The Balaban J connectivity index is 1.72. The van der Waals surface area contributed by atoms with Gasteiger partial charge >= 0.3 is 5.97 Å². The maximum absolute atomic E-state index is 12.3. The highest BCUT2D eigenvalue weighted by Crippen LogP contribution is 2.46. The molecule has 1 aliphatic heterocycles. The largest absolute Gasteiger partial charge is 0.451 e. The molecule has 0 unspecified atom stereocenters. The van der Waals surface area contributed by atoms with Gasteiger partial charge in [-0.15, -0.1) is 0 Å². The van der Waals surface area contributed by atoms with Gasteiger partial charge in [0.25, 0.3) is 0 Å². The second-order valence-electron chi connectivity index (χ2n) is 6.38. The molecule has 2 aromatic rings. The molecule has 0 amide bonds. The molecule has 0 atom stereocenters. The van der Waals surface area contributed by atoms with Crippen molar-refractivity contribution in [2.45, 2.75) is 19.3 Å². The van der Waals surface area contributed by atoms with Crippen molar-refractivity contribution in [1.82, 2.24) is 0 Å². The van der Waals surface area contributed by atoms with Gasteiger partial charge in [0.2, 0.25) is 5.76 Å². The molecule has 6 heteroatoms. The summed E-state index contributed by atoms with van der Waals surface area (Å²) in [5.74, 6) is -0.889. The van der Waals surface area contributed by atoms with E-state index in [0.29, 0.717) is 4.67 Å². The minimum atomic E-state index is -0.667. The number of carbonyl (C=O) groups is 2. The predicted molar refractivity (Wildman–Crippen MR) is 97.7 cm³/mol. The average Bonchev–Trinajstić information content (AvgIpc) is 3.09. The van der Waals surface area contributed by atoms with Gasteiger partial charge < -0.3 is 14.1 Å². The van der Waals surface area contributed by atoms with Crippen molar-refractivity contribution in [1.29, 1.82) is 0 Å². The summed E-state index contributed by atoms with van der Waals surface area (Å²) in [5.41, 5.74) is 2.81. The zero-order chi connectivity index (χ0) is 18.2. The zero-order valence-electron chi connectivity index (χ0n) is 14.2. The number of hydrogen-bond acceptors (Lipinski definition) is 5. The predicted octanol–water partition coefficient (Wildman–Crippen LogP) is 4.08. The molecular weight excluding hydrogens is 386 g/mol. The van der Waals surface area contributed by atoms with Crippen molar-refractivity contribution in [2.24, 2.45) is 0 Å². The van der Waals surface area contributed by atoms with Crippen LogP contribution in [0.3, 0.4) is 0 Å². The normalized spacial score (nSPS) is 16.8. The van der Waals surface area contributed by atoms with Gasteiger partial charge in [0, 0.05) is 29.9 Å². The number of carbonyl (C=O) groups excluding carboxylic acids is 2. The number of nitrogens with zero attached hydrogens (tertiary/aromatic N) is 1. The molecule has 0 bridgehead atoms. The Morgan fingerprint density at radius 3 is 2.60 bits per heavy atom. The summed E-state index contributed by atoms with van der Waals surface area (Å²) in [7, 11) is 1.93. The fraction of sp³-hybridized carbons (Fsp3) is 0.263. The summed E-state index contributed by atoms with van der Waals surface area (Å²) in [6.45, 7) is 3.81. The molecule has 0 radical (unpaired) electrons. The molecule has 130 valence electrons. The second-order valence-corrected chi connectivity index (χ2v) is 7.16. The number of fused-ring (bicyclic) bond motifs is 1. The fourth-order valence-electron chi connectivity index (χ4n) is 3.08. The molecule has 25 heavy (non-hydrogen) atoms. The number of allylic oxidation sites excluding steroid dienone is 1. The minimum Gasteiger partial charge on any atom is -0.451 e. The molecule has 0 spiro atoms. The number of esters is 1. The highest BCUT2D eigenvalue weighted by Gasteiger charge is 2.38. The number of anilines is 1. The van der Waals surface area contributed by atoms with Crippen LogP contribution in [0, 0.1) is 0 Å². The Kier molecular flexibility index (Phi) is 4.56. The molecule has 1 aromatic heterocycles. The summed E-state index contributed by atoms with van der Waals surface area (Å²) in [6.07, 6.45) is 1.55. The first kappa shape index (κ1) is 17.5. The molecular formula is C19H18BrNO4. The highest BCUT2D eigenvalue weighted by atomic mass is 79.9. The van der Waals surface area contributed by atoms with Crippen LogP contribution in [0.5, 0.6) is 0 Å². The second kappa shape index (κ2) is 6.52. The van der Waals surface area contributed by atoms with Gasteiger partial charge in [-0.2, -0.15) is 0 Å². The number of halogens is 1. The van der Waals surface area contributed by atoms with Gasteiger partial charge in [-0.3, -0.25) is 4.79 Å². The molecule has 1 aliphatic rings. The van der Waals surface area contributed by atoms with E-state index in [-0.39, 0.29) is 23.6 Å². The van der Waals surface area contributed by atoms with E-state index in [9.17, 15) is 9.59 Å². The highest BCUT2D eigenvalue weighted by molar-refractivity contribution is 9.10. The number of benzene rings is 1. The van der Waals surface area contributed by atoms with Gasteiger partial charge in [-0.25, -0.2) is 4.79 Å². The third-order valence-electron chi connectivity index (χ3n) is 4.36. The first-order valence-corrected chi connectivity index (χ1v) is 8.60. The van der Waals surface area contributed by atoms with E-state index >= 15 is 0 Å². The van der Waals surface area contributed by atoms with E-state index in [1.165, 1.54) is 6.07 Å². The first-order valence-electron chi connectivity index (χ1n) is 7.81. The maximum Gasteiger partial charge on any atom is 0.374 e. The van der Waals surface area contributed by atoms with Crippen LogP contribution in [0.4, 0.5) is 5.69 Å². The van der Waals surface area contributed by atoms with Crippen LogP contribution in [-0.4, -0.2) is 25.4 Å². The fourth-order valence-corrected chi connectivity index (χ4v) is 3.39. The van der Waals surface area contributed by atoms with Crippen molar-refractivity contribution >= 4 is 33.4 Å². The van der Waals surface area contributed by atoms with E-state index in [0.717, 1.165) is 16.9 Å². The molecule has 1 aromatic carbocycles. The first-order chi connectivity index (χ1) is 11.8. The van der Waals surface area contributed by atoms with Crippen LogP contribution >= 0.6 is 15.9 Å². The lowest BCUT2D eigenvalue weighted by atomic mass is 9.83. The lowest BCUT2D eigenvalue weighted by Crippen LogP contribution is -2.25. The Labute approximate surface area is 154 Å². The van der Waals surface area contributed by atoms with Crippen molar-refractivity contribution in [3.63, 3.8) is 0 Å². The van der Waals surface area contributed by atoms with Gasteiger partial charge in [-0.05, 0) is 39.7 Å². The van der Waals surface area contributed by atoms with E-state index < -0.39 is 5.97 Å². The number of ketones is 1. The van der Waals surface area contributed by atoms with Gasteiger partial charge in [-0.1, -0.05) is 32.0 Å². The number of hydrogen-bond donors (Lipinski definition) is 0. The van der Waals surface area contributed by atoms with Crippen molar-refractivity contribution in [3.05, 3.63) is 64.2 Å². The smallest absolute Gasteiger partial charge is 0.374 e. The minimum absolute atomic E-state index is 0.0537. The summed E-state index contributed by atoms with van der Waals surface area (Å²) in [5, 5.41) is 0. The van der Waals surface area contributed by atoms with Crippen molar-refractivity contribution < 1.29 is 18.7 Å². The number of furan rings is 1. The van der Waals surface area contributed by atoms with Gasteiger partial charge in [0.15, 0.2) is 17.1 Å². The monoisotopic (exact) mass is 403 g/mol. The number of rotatable bonds is 4. The van der Waals surface area contributed by atoms with Crippen molar-refractivity contribution in [3.8, 4) is 0 Å². The summed E-state index contributed by atoms with van der Waals surface area (Å²) >= 11 is 3.12. The van der Waals surface area contributed by atoms with Crippen LogP contribution in [0.2, 0.25) is 0 Å².